The number of non-ortho nitro benzene ring substituents is 1. The van der Waals surface area contributed by atoms with Gasteiger partial charge in [-0.2, -0.15) is 0 Å². The zero-order valence-electron chi connectivity index (χ0n) is 7.11. The van der Waals surface area contributed by atoms with Crippen LogP contribution < -0.4 is 0 Å². The van der Waals surface area contributed by atoms with E-state index in [4.69, 9.17) is 23.2 Å². The average Bonchev–Trinajstić information content (AvgIpc) is 2.75. The van der Waals surface area contributed by atoms with Gasteiger partial charge in [-0.15, -0.1) is 23.2 Å². The molecule has 0 amide bonds. The van der Waals surface area contributed by atoms with Crippen molar-refractivity contribution in [3.05, 3.63) is 39.9 Å². The van der Waals surface area contributed by atoms with Gasteiger partial charge < -0.3 is 0 Å². The standard InChI is InChI=1S/C9H7Cl2NO2/c10-9(11)5-8(9)6-1-3-7(4-2-6)12(13)14/h1-4,8H,5H2/t8-/m0/s1. The Morgan fingerprint density at radius 3 is 2.21 bits per heavy atom. The summed E-state index contributed by atoms with van der Waals surface area (Å²) in [5.41, 5.74) is 1.05. The van der Waals surface area contributed by atoms with E-state index in [9.17, 15) is 10.1 Å². The zero-order valence-corrected chi connectivity index (χ0v) is 8.63. The van der Waals surface area contributed by atoms with Gasteiger partial charge in [0.05, 0.1) is 4.92 Å². The van der Waals surface area contributed by atoms with Crippen molar-refractivity contribution in [3.8, 4) is 0 Å². The molecule has 0 bridgehead atoms. The van der Waals surface area contributed by atoms with Crippen LogP contribution in [0.5, 0.6) is 0 Å². The molecule has 0 aliphatic heterocycles. The predicted molar refractivity (Wildman–Crippen MR) is 54.9 cm³/mol. The Kier molecular flexibility index (Phi) is 2.16. The maximum atomic E-state index is 10.4. The molecule has 14 heavy (non-hydrogen) atoms. The van der Waals surface area contributed by atoms with Gasteiger partial charge in [0.1, 0.15) is 4.33 Å². The number of nitrogens with zero attached hydrogens (tertiary/aromatic N) is 1. The van der Waals surface area contributed by atoms with E-state index in [0.717, 1.165) is 5.56 Å². The highest BCUT2D eigenvalue weighted by Crippen LogP contribution is 2.59. The molecule has 0 spiro atoms. The summed E-state index contributed by atoms with van der Waals surface area (Å²) in [7, 11) is 0. The molecule has 0 unspecified atom stereocenters. The van der Waals surface area contributed by atoms with Gasteiger partial charge in [-0.05, 0) is 12.0 Å². The maximum Gasteiger partial charge on any atom is 0.269 e. The lowest BCUT2D eigenvalue weighted by Crippen LogP contribution is -1.91. The van der Waals surface area contributed by atoms with Crippen molar-refractivity contribution in [1.29, 1.82) is 0 Å². The fourth-order valence-corrected chi connectivity index (χ4v) is 1.96. The molecule has 1 aromatic rings. The lowest BCUT2D eigenvalue weighted by atomic mass is 10.1. The first-order chi connectivity index (χ1) is 6.50. The molecule has 0 aromatic heterocycles. The van der Waals surface area contributed by atoms with Crippen LogP contribution >= 0.6 is 23.2 Å². The Morgan fingerprint density at radius 2 is 1.86 bits per heavy atom. The van der Waals surface area contributed by atoms with Crippen molar-refractivity contribution in [2.24, 2.45) is 0 Å². The van der Waals surface area contributed by atoms with E-state index in [1.54, 1.807) is 12.1 Å². The molecule has 1 aliphatic carbocycles. The quantitative estimate of drug-likeness (QED) is 0.446. The molecule has 1 aromatic carbocycles. The molecule has 0 heterocycles. The Morgan fingerprint density at radius 1 is 1.36 bits per heavy atom. The molecule has 0 radical (unpaired) electrons. The van der Waals surface area contributed by atoms with Crippen molar-refractivity contribution < 1.29 is 4.92 Å². The van der Waals surface area contributed by atoms with Gasteiger partial charge >= 0.3 is 0 Å². The number of nitro benzene ring substituents is 1. The highest BCUT2D eigenvalue weighted by molar-refractivity contribution is 6.51. The molecule has 0 saturated heterocycles. The lowest BCUT2D eigenvalue weighted by molar-refractivity contribution is -0.384. The van der Waals surface area contributed by atoms with Gasteiger partial charge in [0.2, 0.25) is 0 Å². The van der Waals surface area contributed by atoms with E-state index in [2.05, 4.69) is 0 Å². The van der Waals surface area contributed by atoms with E-state index in [1.165, 1.54) is 12.1 Å². The summed E-state index contributed by atoms with van der Waals surface area (Å²) >= 11 is 11.8. The van der Waals surface area contributed by atoms with E-state index < -0.39 is 9.26 Å². The van der Waals surface area contributed by atoms with Crippen molar-refractivity contribution in [1.82, 2.24) is 0 Å². The molecule has 1 saturated carbocycles. The number of alkyl halides is 2. The minimum absolute atomic E-state index is 0.0872. The van der Waals surface area contributed by atoms with Crippen molar-refractivity contribution in [2.45, 2.75) is 16.7 Å². The second-order valence-electron chi connectivity index (χ2n) is 3.37. The minimum Gasteiger partial charge on any atom is -0.258 e. The number of hydrogen-bond donors (Lipinski definition) is 0. The summed E-state index contributed by atoms with van der Waals surface area (Å²) in [6.45, 7) is 0. The second-order valence-corrected chi connectivity index (χ2v) is 4.91. The summed E-state index contributed by atoms with van der Waals surface area (Å²) in [5, 5.41) is 10.4. The van der Waals surface area contributed by atoms with E-state index in [-0.39, 0.29) is 11.6 Å². The zero-order chi connectivity index (χ0) is 10.3. The average molecular weight is 232 g/mol. The third kappa shape index (κ3) is 1.70. The van der Waals surface area contributed by atoms with Gasteiger partial charge in [-0.3, -0.25) is 10.1 Å². The Labute approximate surface area is 90.8 Å². The van der Waals surface area contributed by atoms with Crippen LogP contribution in [0.2, 0.25) is 0 Å². The number of hydrogen-bond acceptors (Lipinski definition) is 2. The van der Waals surface area contributed by atoms with Gasteiger partial charge in [0.25, 0.3) is 5.69 Å². The van der Waals surface area contributed by atoms with Crippen LogP contribution in [0.1, 0.15) is 17.9 Å². The van der Waals surface area contributed by atoms with Gasteiger partial charge in [0.15, 0.2) is 0 Å². The molecule has 1 aliphatic rings. The molecule has 5 heteroatoms. The SMILES string of the molecule is O=[N+]([O-])c1ccc([C@@H]2CC2(Cl)Cl)cc1. The van der Waals surface area contributed by atoms with Crippen LogP contribution in [0.3, 0.4) is 0 Å². The third-order valence-corrected chi connectivity index (χ3v) is 3.17. The number of nitro groups is 1. The van der Waals surface area contributed by atoms with Crippen molar-refractivity contribution in [3.63, 3.8) is 0 Å². The molecule has 2 rings (SSSR count). The fraction of sp³-hybridized carbons (Fsp3) is 0.333. The first kappa shape index (κ1) is 9.74. The Hall–Kier alpha value is -0.800. The second kappa shape index (κ2) is 3.11. The van der Waals surface area contributed by atoms with Gasteiger partial charge in [0, 0.05) is 18.1 Å². The molecule has 1 fully saturated rings. The highest BCUT2D eigenvalue weighted by atomic mass is 35.5. The van der Waals surface area contributed by atoms with E-state index in [0.29, 0.717) is 6.42 Å². The Balaban J connectivity index is 2.20. The topological polar surface area (TPSA) is 43.1 Å². The minimum atomic E-state index is -0.671. The first-order valence-corrected chi connectivity index (χ1v) is 4.88. The summed E-state index contributed by atoms with van der Waals surface area (Å²) in [5.74, 6) is 0.117. The summed E-state index contributed by atoms with van der Waals surface area (Å²) in [6, 6.07) is 6.35. The fourth-order valence-electron chi connectivity index (χ4n) is 1.40. The van der Waals surface area contributed by atoms with Crippen LogP contribution in [-0.4, -0.2) is 9.26 Å². The van der Waals surface area contributed by atoms with Crippen molar-refractivity contribution in [2.75, 3.05) is 0 Å². The Bertz CT molecular complexity index is 375. The maximum absolute atomic E-state index is 10.4. The molecular formula is C9H7Cl2NO2. The summed E-state index contributed by atoms with van der Waals surface area (Å²) in [4.78, 5) is 9.95. The lowest BCUT2D eigenvalue weighted by Gasteiger charge is -1.99. The first-order valence-electron chi connectivity index (χ1n) is 4.13. The number of benzene rings is 1. The van der Waals surface area contributed by atoms with Crippen LogP contribution in [-0.2, 0) is 0 Å². The summed E-state index contributed by atoms with van der Waals surface area (Å²) < 4.78 is -0.671. The monoisotopic (exact) mass is 231 g/mol. The predicted octanol–water partition coefficient (Wildman–Crippen LogP) is 3.26. The van der Waals surface area contributed by atoms with Crippen molar-refractivity contribution >= 4 is 28.9 Å². The van der Waals surface area contributed by atoms with Crippen LogP contribution in [0.25, 0.3) is 0 Å². The molecule has 1 atom stereocenters. The van der Waals surface area contributed by atoms with Crippen LogP contribution in [0.4, 0.5) is 5.69 Å². The van der Waals surface area contributed by atoms with E-state index in [1.807, 2.05) is 0 Å². The normalized spacial score (nSPS) is 23.1. The largest absolute Gasteiger partial charge is 0.269 e. The van der Waals surface area contributed by atoms with Gasteiger partial charge in [-0.1, -0.05) is 12.1 Å². The number of rotatable bonds is 2. The number of halogens is 2. The van der Waals surface area contributed by atoms with Crippen LogP contribution in [0.15, 0.2) is 24.3 Å². The molecule has 3 nitrogen and oxygen atoms in total. The molecule has 74 valence electrons. The highest BCUT2D eigenvalue weighted by Gasteiger charge is 2.52. The van der Waals surface area contributed by atoms with Gasteiger partial charge in [-0.25, -0.2) is 0 Å². The molecule has 0 N–H and O–H groups in total. The van der Waals surface area contributed by atoms with Crippen LogP contribution in [0, 0.1) is 10.1 Å². The third-order valence-electron chi connectivity index (χ3n) is 2.33. The van der Waals surface area contributed by atoms with E-state index >= 15 is 0 Å². The molecular weight excluding hydrogens is 225 g/mol. The smallest absolute Gasteiger partial charge is 0.258 e. The summed E-state index contributed by atoms with van der Waals surface area (Å²) in [6.07, 6.45) is 0.716.